The molecule has 0 saturated heterocycles. The monoisotopic (exact) mass is 323 g/mol. The number of amides is 1. The molecule has 3 nitrogen and oxygen atoms in total. The van der Waals surface area contributed by atoms with E-state index in [0.717, 1.165) is 16.1 Å². The van der Waals surface area contributed by atoms with Crippen molar-refractivity contribution in [3.05, 3.63) is 40.4 Å². The predicted octanol–water partition coefficient (Wildman–Crippen LogP) is 3.07. The molecule has 0 fully saturated rings. The molecule has 0 saturated carbocycles. The second-order valence-corrected chi connectivity index (χ2v) is 4.08. The van der Waals surface area contributed by atoms with Crippen LogP contribution in [0.5, 0.6) is 0 Å². The standard InChI is InChI=1S/C11H9BrF3NO2/c12-9-4-2-1-3-8(9)5-6-10(17)16-18-7-11(13,14)15/h1-6H,7H2,(H,16,17)/b6-5+. The first kappa shape index (κ1) is 14.7. The third-order valence-electron chi connectivity index (χ3n) is 1.73. The Morgan fingerprint density at radius 3 is 2.67 bits per heavy atom. The summed E-state index contributed by atoms with van der Waals surface area (Å²) in [5.41, 5.74) is 2.39. The molecule has 0 aliphatic heterocycles. The molecule has 1 aromatic carbocycles. The van der Waals surface area contributed by atoms with Crippen molar-refractivity contribution in [2.45, 2.75) is 6.18 Å². The summed E-state index contributed by atoms with van der Waals surface area (Å²) in [6.07, 6.45) is -1.94. The van der Waals surface area contributed by atoms with Crippen LogP contribution >= 0.6 is 15.9 Å². The molecule has 1 rings (SSSR count). The fourth-order valence-corrected chi connectivity index (χ4v) is 1.42. The molecule has 0 unspecified atom stereocenters. The van der Waals surface area contributed by atoms with Gasteiger partial charge in [0.15, 0.2) is 6.61 Å². The van der Waals surface area contributed by atoms with Crippen LogP contribution in [-0.2, 0) is 9.63 Å². The van der Waals surface area contributed by atoms with E-state index in [2.05, 4.69) is 20.8 Å². The lowest BCUT2D eigenvalue weighted by Crippen LogP contribution is -2.28. The molecule has 0 spiro atoms. The Bertz CT molecular complexity index is 446. The van der Waals surface area contributed by atoms with Gasteiger partial charge < -0.3 is 0 Å². The number of carbonyl (C=O) groups excluding carboxylic acids is 1. The van der Waals surface area contributed by atoms with Gasteiger partial charge in [0, 0.05) is 10.5 Å². The van der Waals surface area contributed by atoms with Crippen molar-refractivity contribution in [2.75, 3.05) is 6.61 Å². The molecule has 18 heavy (non-hydrogen) atoms. The Balaban J connectivity index is 2.43. The molecule has 1 aromatic rings. The summed E-state index contributed by atoms with van der Waals surface area (Å²) in [6.45, 7) is -1.53. The number of carbonyl (C=O) groups is 1. The number of benzene rings is 1. The third-order valence-corrected chi connectivity index (χ3v) is 2.45. The van der Waals surface area contributed by atoms with Crippen LogP contribution in [0.25, 0.3) is 6.08 Å². The zero-order chi connectivity index (χ0) is 13.6. The molecule has 0 radical (unpaired) electrons. The van der Waals surface area contributed by atoms with E-state index >= 15 is 0 Å². The fourth-order valence-electron chi connectivity index (χ4n) is 0.999. The van der Waals surface area contributed by atoms with Crippen LogP contribution in [0.15, 0.2) is 34.8 Å². The summed E-state index contributed by atoms with van der Waals surface area (Å²) in [5, 5.41) is 0. The minimum atomic E-state index is -4.47. The smallest absolute Gasteiger partial charge is 0.268 e. The maximum absolute atomic E-state index is 11.7. The number of hydroxylamine groups is 1. The average Bonchev–Trinajstić information content (AvgIpc) is 2.26. The molecule has 0 bridgehead atoms. The minimum absolute atomic E-state index is 0.725. The topological polar surface area (TPSA) is 38.3 Å². The van der Waals surface area contributed by atoms with Crippen molar-refractivity contribution in [1.29, 1.82) is 0 Å². The van der Waals surface area contributed by atoms with Gasteiger partial charge in [-0.15, -0.1) is 0 Å². The molecule has 1 amide bonds. The molecule has 0 aromatic heterocycles. The average molecular weight is 324 g/mol. The van der Waals surface area contributed by atoms with Gasteiger partial charge in [-0.3, -0.25) is 9.63 Å². The first-order valence-corrected chi connectivity index (χ1v) is 5.59. The maximum atomic E-state index is 11.7. The number of hydrogen-bond acceptors (Lipinski definition) is 2. The zero-order valence-electron chi connectivity index (χ0n) is 9.00. The highest BCUT2D eigenvalue weighted by Gasteiger charge is 2.28. The van der Waals surface area contributed by atoms with Crippen molar-refractivity contribution < 1.29 is 22.8 Å². The maximum Gasteiger partial charge on any atom is 0.414 e. The van der Waals surface area contributed by atoms with Gasteiger partial charge in [-0.1, -0.05) is 34.1 Å². The normalized spacial score (nSPS) is 11.8. The first-order chi connectivity index (χ1) is 8.38. The molecule has 0 heterocycles. The summed E-state index contributed by atoms with van der Waals surface area (Å²) in [5.74, 6) is -0.769. The lowest BCUT2D eigenvalue weighted by atomic mass is 10.2. The predicted molar refractivity (Wildman–Crippen MR) is 63.3 cm³/mol. The summed E-state index contributed by atoms with van der Waals surface area (Å²) in [6, 6.07) is 7.08. The van der Waals surface area contributed by atoms with Crippen LogP contribution in [0, 0.1) is 0 Å². The van der Waals surface area contributed by atoms with E-state index in [1.54, 1.807) is 29.7 Å². The van der Waals surface area contributed by atoms with E-state index in [1.807, 2.05) is 0 Å². The lowest BCUT2D eigenvalue weighted by Gasteiger charge is -2.06. The molecule has 1 N–H and O–H groups in total. The first-order valence-electron chi connectivity index (χ1n) is 4.79. The lowest BCUT2D eigenvalue weighted by molar-refractivity contribution is -0.190. The number of alkyl halides is 3. The third kappa shape index (κ3) is 5.83. The van der Waals surface area contributed by atoms with Gasteiger partial charge in [0.1, 0.15) is 0 Å². The molecular formula is C11H9BrF3NO2. The van der Waals surface area contributed by atoms with Gasteiger partial charge in [0.05, 0.1) is 0 Å². The van der Waals surface area contributed by atoms with Crippen molar-refractivity contribution >= 4 is 27.9 Å². The quantitative estimate of drug-likeness (QED) is 0.683. The van der Waals surface area contributed by atoms with Crippen LogP contribution in [0.2, 0.25) is 0 Å². The Labute approximate surface area is 110 Å². The van der Waals surface area contributed by atoms with Gasteiger partial charge >= 0.3 is 6.18 Å². The van der Waals surface area contributed by atoms with Crippen LogP contribution in [-0.4, -0.2) is 18.7 Å². The van der Waals surface area contributed by atoms with Crippen LogP contribution < -0.4 is 5.48 Å². The zero-order valence-corrected chi connectivity index (χ0v) is 10.6. The van der Waals surface area contributed by atoms with E-state index in [1.165, 1.54) is 6.08 Å². The van der Waals surface area contributed by atoms with Gasteiger partial charge in [0.25, 0.3) is 5.91 Å². The highest BCUT2D eigenvalue weighted by atomic mass is 79.9. The van der Waals surface area contributed by atoms with Crippen molar-refractivity contribution in [3.8, 4) is 0 Å². The largest absolute Gasteiger partial charge is 0.414 e. The molecular weight excluding hydrogens is 315 g/mol. The second-order valence-electron chi connectivity index (χ2n) is 3.23. The highest BCUT2D eigenvalue weighted by Crippen LogP contribution is 2.17. The molecule has 0 atom stereocenters. The number of halogens is 4. The van der Waals surface area contributed by atoms with Gasteiger partial charge in [0.2, 0.25) is 0 Å². The number of rotatable bonds is 4. The molecule has 0 aliphatic rings. The van der Waals surface area contributed by atoms with Crippen LogP contribution in [0.4, 0.5) is 13.2 Å². The van der Waals surface area contributed by atoms with Crippen molar-refractivity contribution in [1.82, 2.24) is 5.48 Å². The SMILES string of the molecule is O=C(/C=C/c1ccccc1Br)NOCC(F)(F)F. The van der Waals surface area contributed by atoms with Crippen molar-refractivity contribution in [3.63, 3.8) is 0 Å². The van der Waals surface area contributed by atoms with E-state index in [4.69, 9.17) is 0 Å². The molecule has 98 valence electrons. The van der Waals surface area contributed by atoms with Gasteiger partial charge in [-0.2, -0.15) is 13.2 Å². The van der Waals surface area contributed by atoms with E-state index in [9.17, 15) is 18.0 Å². The summed E-state index contributed by atoms with van der Waals surface area (Å²) in [7, 11) is 0. The summed E-state index contributed by atoms with van der Waals surface area (Å²) in [4.78, 5) is 15.1. The second kappa shape index (κ2) is 6.55. The highest BCUT2D eigenvalue weighted by molar-refractivity contribution is 9.10. The van der Waals surface area contributed by atoms with Crippen molar-refractivity contribution in [2.24, 2.45) is 0 Å². The Morgan fingerprint density at radius 1 is 1.39 bits per heavy atom. The van der Waals surface area contributed by atoms with Crippen LogP contribution in [0.3, 0.4) is 0 Å². The minimum Gasteiger partial charge on any atom is -0.268 e. The number of hydrogen-bond donors (Lipinski definition) is 1. The van der Waals surface area contributed by atoms with Gasteiger partial charge in [-0.05, 0) is 17.7 Å². The van der Waals surface area contributed by atoms with E-state index in [0.29, 0.717) is 0 Å². The fraction of sp³-hybridized carbons (Fsp3) is 0.182. The van der Waals surface area contributed by atoms with E-state index in [-0.39, 0.29) is 0 Å². The van der Waals surface area contributed by atoms with Crippen LogP contribution in [0.1, 0.15) is 5.56 Å². The summed E-state index contributed by atoms with van der Waals surface area (Å²) >= 11 is 3.26. The number of nitrogens with one attached hydrogen (secondary N) is 1. The Hall–Kier alpha value is -1.34. The Kier molecular flexibility index (Phi) is 5.36. The Morgan fingerprint density at radius 2 is 2.06 bits per heavy atom. The molecule has 7 heteroatoms. The van der Waals surface area contributed by atoms with Gasteiger partial charge in [-0.25, -0.2) is 5.48 Å². The summed E-state index contributed by atoms with van der Waals surface area (Å²) < 4.78 is 35.9. The molecule has 0 aliphatic carbocycles. The van der Waals surface area contributed by atoms with E-state index < -0.39 is 18.7 Å².